The number of ether oxygens (including phenoxy) is 3. The third kappa shape index (κ3) is 3.16. The van der Waals surface area contributed by atoms with Gasteiger partial charge in [0.25, 0.3) is 0 Å². The topological polar surface area (TPSA) is 65.7 Å². The van der Waals surface area contributed by atoms with Gasteiger partial charge in [-0.3, -0.25) is 0 Å². The van der Waals surface area contributed by atoms with Gasteiger partial charge in [0.05, 0.1) is 45.5 Å². The van der Waals surface area contributed by atoms with E-state index in [2.05, 4.69) is 5.10 Å². The van der Waals surface area contributed by atoms with Crippen molar-refractivity contribution < 1.29 is 19.3 Å². The van der Waals surface area contributed by atoms with Crippen molar-refractivity contribution in [2.24, 2.45) is 0 Å². The summed E-state index contributed by atoms with van der Waals surface area (Å²) in [5, 5.41) is 13.6. The number of nitrogens with zero attached hydrogens (tertiary/aromatic N) is 2. The van der Waals surface area contributed by atoms with Crippen LogP contribution in [-0.2, 0) is 6.61 Å². The summed E-state index contributed by atoms with van der Waals surface area (Å²) in [6.45, 7) is 0.0130. The van der Waals surface area contributed by atoms with Crippen molar-refractivity contribution in [3.63, 3.8) is 0 Å². The van der Waals surface area contributed by atoms with Crippen LogP contribution < -0.4 is 14.2 Å². The average molecular weight is 340 g/mol. The third-order valence-corrected chi connectivity index (χ3v) is 3.97. The van der Waals surface area contributed by atoms with Crippen molar-refractivity contribution in [3.05, 3.63) is 54.2 Å². The van der Waals surface area contributed by atoms with E-state index < -0.39 is 0 Å². The van der Waals surface area contributed by atoms with Crippen LogP contribution in [0.25, 0.3) is 16.9 Å². The molecule has 0 spiro atoms. The molecular weight excluding hydrogens is 320 g/mol. The molecule has 1 heterocycles. The predicted molar refractivity (Wildman–Crippen MR) is 94.6 cm³/mol. The van der Waals surface area contributed by atoms with E-state index >= 15 is 0 Å². The van der Waals surface area contributed by atoms with E-state index in [1.807, 2.05) is 47.1 Å². The Morgan fingerprint density at radius 3 is 2.08 bits per heavy atom. The highest BCUT2D eigenvalue weighted by molar-refractivity contribution is 5.70. The smallest absolute Gasteiger partial charge is 0.203 e. The van der Waals surface area contributed by atoms with Crippen molar-refractivity contribution in [3.8, 4) is 34.2 Å². The molecule has 2 aromatic carbocycles. The van der Waals surface area contributed by atoms with Gasteiger partial charge < -0.3 is 19.3 Å². The number of rotatable bonds is 6. The molecule has 0 radical (unpaired) electrons. The molecule has 0 unspecified atom stereocenters. The summed E-state index contributed by atoms with van der Waals surface area (Å²) in [6.07, 6.45) is 1.73. The largest absolute Gasteiger partial charge is 0.493 e. The maximum Gasteiger partial charge on any atom is 0.203 e. The summed E-state index contributed by atoms with van der Waals surface area (Å²) < 4.78 is 18.1. The molecule has 0 saturated heterocycles. The van der Waals surface area contributed by atoms with Crippen LogP contribution in [0.1, 0.15) is 5.56 Å². The quantitative estimate of drug-likeness (QED) is 0.747. The summed E-state index contributed by atoms with van der Waals surface area (Å²) in [4.78, 5) is 0. The van der Waals surface area contributed by atoms with Crippen molar-refractivity contribution >= 4 is 0 Å². The zero-order valence-electron chi connectivity index (χ0n) is 14.4. The molecule has 6 heteroatoms. The van der Waals surface area contributed by atoms with E-state index in [1.54, 1.807) is 27.5 Å². The monoisotopic (exact) mass is 340 g/mol. The van der Waals surface area contributed by atoms with Crippen LogP contribution in [0.5, 0.6) is 17.2 Å². The molecule has 0 aliphatic heterocycles. The van der Waals surface area contributed by atoms with Crippen LogP contribution in [0.3, 0.4) is 0 Å². The van der Waals surface area contributed by atoms with Gasteiger partial charge >= 0.3 is 0 Å². The second kappa shape index (κ2) is 7.27. The van der Waals surface area contributed by atoms with Gasteiger partial charge in [-0.15, -0.1) is 0 Å². The molecule has 1 N–H and O–H groups in total. The fourth-order valence-electron chi connectivity index (χ4n) is 2.70. The van der Waals surface area contributed by atoms with E-state index in [4.69, 9.17) is 14.2 Å². The van der Waals surface area contributed by atoms with Gasteiger partial charge in [0, 0.05) is 5.56 Å². The molecule has 0 aliphatic carbocycles. The molecule has 0 fully saturated rings. The van der Waals surface area contributed by atoms with Gasteiger partial charge in [0.1, 0.15) is 0 Å². The third-order valence-electron chi connectivity index (χ3n) is 3.97. The molecule has 3 rings (SSSR count). The molecular formula is C19H20N2O4. The standard InChI is InChI=1S/C19H20N2O4/c1-23-17-10-14(11-18(24-2)19(17)25-3)16-8-9-20-21(16)15-6-4-13(12-22)5-7-15/h4-11,22H,12H2,1-3H3. The number of hydrogen-bond donors (Lipinski definition) is 1. The highest BCUT2D eigenvalue weighted by Crippen LogP contribution is 2.41. The van der Waals surface area contributed by atoms with Gasteiger partial charge in [-0.1, -0.05) is 12.1 Å². The Bertz CT molecular complexity index is 831. The van der Waals surface area contributed by atoms with Crippen LogP contribution in [-0.4, -0.2) is 36.2 Å². The van der Waals surface area contributed by atoms with E-state index in [1.165, 1.54) is 0 Å². The Kier molecular flexibility index (Phi) is 4.90. The molecule has 130 valence electrons. The molecule has 0 bridgehead atoms. The number of methoxy groups -OCH3 is 3. The molecule has 0 atom stereocenters. The number of aromatic nitrogens is 2. The molecule has 3 aromatic rings. The first-order valence-corrected chi connectivity index (χ1v) is 7.76. The summed E-state index contributed by atoms with van der Waals surface area (Å²) in [7, 11) is 4.75. The highest BCUT2D eigenvalue weighted by Gasteiger charge is 2.16. The zero-order chi connectivity index (χ0) is 17.8. The maximum absolute atomic E-state index is 9.19. The summed E-state index contributed by atoms with van der Waals surface area (Å²) in [6, 6.07) is 13.3. The Labute approximate surface area is 146 Å². The van der Waals surface area contributed by atoms with Gasteiger partial charge in [-0.2, -0.15) is 5.10 Å². The number of hydrogen-bond acceptors (Lipinski definition) is 5. The predicted octanol–water partition coefficient (Wildman–Crippen LogP) is 3.06. The normalized spacial score (nSPS) is 10.6. The molecule has 6 nitrogen and oxygen atoms in total. The Balaban J connectivity index is 2.10. The molecule has 1 aromatic heterocycles. The SMILES string of the molecule is COc1cc(-c2ccnn2-c2ccc(CO)cc2)cc(OC)c1OC. The van der Waals surface area contributed by atoms with Gasteiger partial charge in [0.15, 0.2) is 11.5 Å². The minimum Gasteiger partial charge on any atom is -0.493 e. The van der Waals surface area contributed by atoms with Gasteiger partial charge in [-0.25, -0.2) is 4.68 Å². The molecule has 0 saturated carbocycles. The average Bonchev–Trinajstić information content (AvgIpc) is 3.16. The first-order valence-electron chi connectivity index (χ1n) is 7.76. The summed E-state index contributed by atoms with van der Waals surface area (Å²) >= 11 is 0. The fraction of sp³-hybridized carbons (Fsp3) is 0.211. The molecule has 25 heavy (non-hydrogen) atoms. The van der Waals surface area contributed by atoms with Crippen LogP contribution in [0.2, 0.25) is 0 Å². The lowest BCUT2D eigenvalue weighted by atomic mass is 10.1. The Morgan fingerprint density at radius 2 is 1.56 bits per heavy atom. The van der Waals surface area contributed by atoms with E-state index in [0.29, 0.717) is 17.2 Å². The van der Waals surface area contributed by atoms with Crippen LogP contribution in [0, 0.1) is 0 Å². The fourth-order valence-corrected chi connectivity index (χ4v) is 2.70. The lowest BCUT2D eigenvalue weighted by molar-refractivity contribution is 0.282. The molecule has 0 amide bonds. The van der Waals surface area contributed by atoms with Crippen LogP contribution in [0.4, 0.5) is 0 Å². The van der Waals surface area contributed by atoms with Crippen molar-refractivity contribution in [2.45, 2.75) is 6.61 Å². The van der Waals surface area contributed by atoms with Gasteiger partial charge in [0.2, 0.25) is 5.75 Å². The lowest BCUT2D eigenvalue weighted by Crippen LogP contribution is -2.01. The maximum atomic E-state index is 9.19. The molecule has 0 aliphatic rings. The van der Waals surface area contributed by atoms with Crippen molar-refractivity contribution in [2.75, 3.05) is 21.3 Å². The number of benzene rings is 2. The van der Waals surface area contributed by atoms with Crippen LogP contribution >= 0.6 is 0 Å². The zero-order valence-corrected chi connectivity index (χ0v) is 14.4. The summed E-state index contributed by atoms with van der Waals surface area (Å²) in [5.74, 6) is 1.72. The lowest BCUT2D eigenvalue weighted by Gasteiger charge is -2.15. The van der Waals surface area contributed by atoms with E-state index in [9.17, 15) is 5.11 Å². The minimum absolute atomic E-state index is 0.0130. The summed E-state index contributed by atoms with van der Waals surface area (Å²) in [5.41, 5.74) is 3.52. The second-order valence-corrected chi connectivity index (χ2v) is 5.37. The van der Waals surface area contributed by atoms with E-state index in [-0.39, 0.29) is 6.61 Å². The number of aliphatic hydroxyl groups is 1. The number of aliphatic hydroxyl groups excluding tert-OH is 1. The van der Waals surface area contributed by atoms with Crippen LogP contribution in [0.15, 0.2) is 48.7 Å². The van der Waals surface area contributed by atoms with Gasteiger partial charge in [-0.05, 0) is 35.9 Å². The Morgan fingerprint density at radius 1 is 0.920 bits per heavy atom. The first kappa shape index (κ1) is 16.9. The second-order valence-electron chi connectivity index (χ2n) is 5.37. The van der Waals surface area contributed by atoms with Crippen molar-refractivity contribution in [1.82, 2.24) is 9.78 Å². The first-order chi connectivity index (χ1) is 12.2. The van der Waals surface area contributed by atoms with E-state index in [0.717, 1.165) is 22.5 Å². The highest BCUT2D eigenvalue weighted by atomic mass is 16.5. The minimum atomic E-state index is 0.0130. The Hall–Kier alpha value is -2.99. The van der Waals surface area contributed by atoms with Crippen molar-refractivity contribution in [1.29, 1.82) is 0 Å².